The Morgan fingerprint density at radius 1 is 1.10 bits per heavy atom. The van der Waals surface area contributed by atoms with E-state index in [-0.39, 0.29) is 22.3 Å². The largest absolute Gasteiger partial charge is 0.390 e. The average Bonchev–Trinajstić information content (AvgIpc) is 3.02. The Bertz CT molecular complexity index is 879. The van der Waals surface area contributed by atoms with E-state index in [2.05, 4.69) is 30.1 Å². The van der Waals surface area contributed by atoms with Gasteiger partial charge in [-0.1, -0.05) is 25.5 Å². The van der Waals surface area contributed by atoms with Crippen LogP contribution in [-0.2, 0) is 11.3 Å². The third kappa shape index (κ3) is 2.40. The molecular formula is C24H33N3O2. The molecule has 0 radical (unpaired) electrons. The van der Waals surface area contributed by atoms with Crippen molar-refractivity contribution in [1.82, 2.24) is 15.0 Å². The van der Waals surface area contributed by atoms with E-state index >= 15 is 0 Å². The maximum atomic E-state index is 13.2. The molecule has 0 spiro atoms. The minimum Gasteiger partial charge on any atom is -0.390 e. The molecule has 0 amide bonds. The number of rotatable bonds is 3. The van der Waals surface area contributed by atoms with Gasteiger partial charge in [0.05, 0.1) is 18.0 Å². The fourth-order valence-corrected chi connectivity index (χ4v) is 8.50. The molecule has 0 saturated heterocycles. The Morgan fingerprint density at radius 3 is 2.66 bits per heavy atom. The van der Waals surface area contributed by atoms with Gasteiger partial charge in [0.25, 0.3) is 0 Å². The van der Waals surface area contributed by atoms with Crippen LogP contribution in [0.5, 0.6) is 0 Å². The summed E-state index contributed by atoms with van der Waals surface area (Å²) in [6.07, 6.45) is 14.7. The summed E-state index contributed by atoms with van der Waals surface area (Å²) in [7, 11) is 0. The van der Waals surface area contributed by atoms with Gasteiger partial charge < -0.3 is 5.11 Å². The second-order valence-corrected chi connectivity index (χ2v) is 11.3. The van der Waals surface area contributed by atoms with E-state index in [1.807, 2.05) is 0 Å². The van der Waals surface area contributed by atoms with E-state index in [1.165, 1.54) is 24.1 Å². The van der Waals surface area contributed by atoms with Gasteiger partial charge in [-0.3, -0.25) is 4.79 Å². The lowest BCUT2D eigenvalue weighted by molar-refractivity contribution is -0.128. The van der Waals surface area contributed by atoms with Gasteiger partial charge in [0.1, 0.15) is 6.54 Å². The summed E-state index contributed by atoms with van der Waals surface area (Å²) in [5.41, 5.74) is 1.73. The first-order valence-corrected chi connectivity index (χ1v) is 11.6. The van der Waals surface area contributed by atoms with Gasteiger partial charge >= 0.3 is 0 Å². The van der Waals surface area contributed by atoms with Crippen molar-refractivity contribution in [3.8, 4) is 0 Å². The second kappa shape index (κ2) is 5.81. The van der Waals surface area contributed by atoms with Gasteiger partial charge in [-0.25, -0.2) is 0 Å². The SMILES string of the molecule is C[C@]12CC=C3[C@@H](CC[C@@H]4C5C[C@@]5(O)CC[C@]34C)[C@@H]1CC[C@@H]2C(=O)Cn1nccn1. The van der Waals surface area contributed by atoms with Crippen LogP contribution in [-0.4, -0.2) is 31.5 Å². The molecule has 5 heteroatoms. The van der Waals surface area contributed by atoms with Crippen LogP contribution in [0.4, 0.5) is 0 Å². The number of carbonyl (C=O) groups is 1. The van der Waals surface area contributed by atoms with Crippen molar-refractivity contribution in [2.24, 2.45) is 40.4 Å². The third-order valence-corrected chi connectivity index (χ3v) is 10.1. The summed E-state index contributed by atoms with van der Waals surface area (Å²) in [5.74, 6) is 2.90. The molecule has 5 aliphatic carbocycles. The zero-order chi connectivity index (χ0) is 20.0. The van der Waals surface area contributed by atoms with Crippen molar-refractivity contribution < 1.29 is 9.90 Å². The average molecular weight is 396 g/mol. The molecule has 0 bridgehead atoms. The van der Waals surface area contributed by atoms with Crippen LogP contribution >= 0.6 is 0 Å². The summed E-state index contributed by atoms with van der Waals surface area (Å²) < 4.78 is 0. The normalized spacial score (nSPS) is 50.0. The van der Waals surface area contributed by atoms with Gasteiger partial charge in [0, 0.05) is 5.92 Å². The summed E-state index contributed by atoms with van der Waals surface area (Å²) in [4.78, 5) is 14.7. The molecule has 1 unspecified atom stereocenters. The number of ketones is 1. The Balaban J connectivity index is 1.28. The van der Waals surface area contributed by atoms with Crippen molar-refractivity contribution in [2.75, 3.05) is 0 Å². The summed E-state index contributed by atoms with van der Waals surface area (Å²) in [6, 6.07) is 0. The molecular weight excluding hydrogens is 362 g/mol. The standard InChI is InChI=1S/C24H33N3O2/c1-22-8-7-17-15(3-4-18-20-13-24(20,29)10-9-23(17,18)2)16(22)5-6-19(22)21(28)14-27-25-11-12-26-27/h7,11-12,15-16,18-20,29H,3-6,8-10,13-14H2,1-2H3/t15-,16-,18+,19+,20?,22-,23+,24-/m0/s1. The van der Waals surface area contributed by atoms with E-state index in [1.54, 1.807) is 18.0 Å². The fraction of sp³-hybridized carbons (Fsp3) is 0.792. The molecule has 5 aliphatic rings. The maximum Gasteiger partial charge on any atom is 0.159 e. The van der Waals surface area contributed by atoms with Gasteiger partial charge in [-0.05, 0) is 85.9 Å². The number of aromatic nitrogens is 3. The first kappa shape index (κ1) is 18.3. The number of nitrogens with zero attached hydrogens (tertiary/aromatic N) is 3. The molecule has 156 valence electrons. The summed E-state index contributed by atoms with van der Waals surface area (Å²) >= 11 is 0. The van der Waals surface area contributed by atoms with E-state index in [0.717, 1.165) is 32.1 Å². The summed E-state index contributed by atoms with van der Waals surface area (Å²) in [6.45, 7) is 5.18. The van der Waals surface area contributed by atoms with Crippen LogP contribution < -0.4 is 0 Å². The monoisotopic (exact) mass is 395 g/mol. The van der Waals surface area contributed by atoms with Crippen molar-refractivity contribution in [3.05, 3.63) is 24.0 Å². The predicted octanol–water partition coefficient (Wildman–Crippen LogP) is 3.79. The van der Waals surface area contributed by atoms with E-state index < -0.39 is 0 Å². The molecule has 4 fully saturated rings. The van der Waals surface area contributed by atoms with Gasteiger partial charge in [-0.15, -0.1) is 0 Å². The molecule has 1 heterocycles. The Morgan fingerprint density at radius 2 is 1.86 bits per heavy atom. The number of aliphatic hydroxyl groups is 1. The van der Waals surface area contributed by atoms with Crippen LogP contribution in [0.3, 0.4) is 0 Å². The lowest BCUT2D eigenvalue weighted by Gasteiger charge is -2.56. The van der Waals surface area contributed by atoms with Crippen LogP contribution in [0.1, 0.15) is 65.2 Å². The smallest absolute Gasteiger partial charge is 0.159 e. The molecule has 8 atom stereocenters. The number of allylic oxidation sites excluding steroid dienone is 2. The first-order chi connectivity index (χ1) is 13.9. The second-order valence-electron chi connectivity index (χ2n) is 11.3. The van der Waals surface area contributed by atoms with Crippen molar-refractivity contribution in [2.45, 2.75) is 77.4 Å². The minimum absolute atomic E-state index is 0.0799. The van der Waals surface area contributed by atoms with Crippen LogP contribution in [0.2, 0.25) is 0 Å². The first-order valence-electron chi connectivity index (χ1n) is 11.6. The van der Waals surface area contributed by atoms with E-state index in [0.29, 0.717) is 36.0 Å². The Kier molecular flexibility index (Phi) is 3.66. The molecule has 1 aromatic rings. The maximum absolute atomic E-state index is 13.2. The number of Topliss-reactive ketones (excluding diaryl/α,β-unsaturated/α-hetero) is 1. The molecule has 5 nitrogen and oxygen atoms in total. The van der Waals surface area contributed by atoms with Gasteiger partial charge in [0.2, 0.25) is 0 Å². The van der Waals surface area contributed by atoms with Crippen LogP contribution in [0, 0.1) is 40.4 Å². The van der Waals surface area contributed by atoms with Gasteiger partial charge in [-0.2, -0.15) is 15.0 Å². The van der Waals surface area contributed by atoms with Crippen LogP contribution in [0.25, 0.3) is 0 Å². The zero-order valence-electron chi connectivity index (χ0n) is 17.7. The highest BCUT2D eigenvalue weighted by Gasteiger charge is 2.67. The van der Waals surface area contributed by atoms with Crippen molar-refractivity contribution in [3.63, 3.8) is 0 Å². The highest BCUT2D eigenvalue weighted by atomic mass is 16.3. The molecule has 0 aromatic carbocycles. The lowest BCUT2D eigenvalue weighted by atomic mass is 9.48. The quantitative estimate of drug-likeness (QED) is 0.791. The Hall–Kier alpha value is -1.49. The Labute approximate surface area is 172 Å². The van der Waals surface area contributed by atoms with Crippen LogP contribution in [0.15, 0.2) is 24.0 Å². The van der Waals surface area contributed by atoms with Crippen molar-refractivity contribution >= 4 is 5.78 Å². The van der Waals surface area contributed by atoms with Crippen molar-refractivity contribution in [1.29, 1.82) is 0 Å². The van der Waals surface area contributed by atoms with E-state index in [9.17, 15) is 9.90 Å². The summed E-state index contributed by atoms with van der Waals surface area (Å²) in [5, 5.41) is 19.0. The molecule has 6 rings (SSSR count). The third-order valence-electron chi connectivity index (χ3n) is 10.1. The molecule has 29 heavy (non-hydrogen) atoms. The molecule has 4 saturated carbocycles. The highest BCUT2D eigenvalue weighted by Crippen LogP contribution is 2.71. The topological polar surface area (TPSA) is 68.0 Å². The number of fused-ring (bicyclic) bond motifs is 7. The predicted molar refractivity (Wildman–Crippen MR) is 109 cm³/mol. The number of hydrogen-bond acceptors (Lipinski definition) is 4. The number of carbonyl (C=O) groups excluding carboxylic acids is 1. The molecule has 1 N–H and O–H groups in total. The lowest BCUT2D eigenvalue weighted by Crippen LogP contribution is -2.49. The fourth-order valence-electron chi connectivity index (χ4n) is 8.50. The minimum atomic E-state index is -0.327. The van der Waals surface area contributed by atoms with Gasteiger partial charge in [0.15, 0.2) is 5.78 Å². The highest BCUT2D eigenvalue weighted by molar-refractivity contribution is 5.82. The molecule has 1 aromatic heterocycles. The molecule has 0 aliphatic heterocycles. The zero-order valence-corrected chi connectivity index (χ0v) is 17.7. The van der Waals surface area contributed by atoms with E-state index in [4.69, 9.17) is 0 Å². The number of hydrogen-bond donors (Lipinski definition) is 1.